The standard InChI is InChI=1S/C16H15NO6/c1-2-23-16(22)13(19)9-10(18)7-8-17-14(20)11-5-3-4-6-12(11)15(17)21/h3-6,9,19H,2,7-8H2,1H3. The van der Waals surface area contributed by atoms with Crippen molar-refractivity contribution in [1.82, 2.24) is 4.90 Å². The number of hydrogen-bond acceptors (Lipinski definition) is 6. The van der Waals surface area contributed by atoms with E-state index in [9.17, 15) is 24.3 Å². The molecular formula is C16H15NO6. The lowest BCUT2D eigenvalue weighted by Crippen LogP contribution is -2.31. The van der Waals surface area contributed by atoms with Gasteiger partial charge in [0.1, 0.15) is 0 Å². The molecule has 1 aliphatic heterocycles. The Morgan fingerprint density at radius 3 is 2.26 bits per heavy atom. The summed E-state index contributed by atoms with van der Waals surface area (Å²) in [5, 5.41) is 9.38. The van der Waals surface area contributed by atoms with Gasteiger partial charge in [-0.15, -0.1) is 0 Å². The number of carbonyl (C=O) groups is 4. The fourth-order valence-corrected chi connectivity index (χ4v) is 2.15. The minimum absolute atomic E-state index is 0.0694. The average Bonchev–Trinajstić information content (AvgIpc) is 2.77. The maximum atomic E-state index is 12.1. The van der Waals surface area contributed by atoms with Gasteiger partial charge in [-0.2, -0.15) is 0 Å². The highest BCUT2D eigenvalue weighted by Gasteiger charge is 2.34. The SMILES string of the molecule is CCOC(=O)C(O)=CC(=O)CCN1C(=O)c2ccccc2C1=O. The molecule has 0 radical (unpaired) electrons. The van der Waals surface area contributed by atoms with E-state index >= 15 is 0 Å². The third kappa shape index (κ3) is 3.45. The number of hydrogen-bond donors (Lipinski definition) is 1. The van der Waals surface area contributed by atoms with Gasteiger partial charge < -0.3 is 9.84 Å². The number of amides is 2. The summed E-state index contributed by atoms with van der Waals surface area (Å²) in [7, 11) is 0. The van der Waals surface area contributed by atoms with Gasteiger partial charge in [0, 0.05) is 19.0 Å². The zero-order valence-corrected chi connectivity index (χ0v) is 12.4. The summed E-state index contributed by atoms with van der Waals surface area (Å²) < 4.78 is 4.53. The number of ketones is 1. The van der Waals surface area contributed by atoms with Crippen LogP contribution in [0.15, 0.2) is 36.1 Å². The maximum Gasteiger partial charge on any atom is 0.373 e. The molecule has 0 unspecified atom stereocenters. The Labute approximate surface area is 132 Å². The van der Waals surface area contributed by atoms with Gasteiger partial charge in [-0.05, 0) is 19.1 Å². The summed E-state index contributed by atoms with van der Waals surface area (Å²) in [6, 6.07) is 6.39. The highest BCUT2D eigenvalue weighted by molar-refractivity contribution is 6.21. The van der Waals surface area contributed by atoms with Crippen molar-refractivity contribution in [3.63, 3.8) is 0 Å². The molecule has 7 nitrogen and oxygen atoms in total. The van der Waals surface area contributed by atoms with Crippen LogP contribution in [0.4, 0.5) is 0 Å². The fourth-order valence-electron chi connectivity index (χ4n) is 2.15. The molecule has 1 aromatic carbocycles. The van der Waals surface area contributed by atoms with Crippen LogP contribution in [0, 0.1) is 0 Å². The molecule has 1 heterocycles. The Kier molecular flexibility index (Phi) is 4.90. The summed E-state index contributed by atoms with van der Waals surface area (Å²) in [5.41, 5.74) is 0.602. The number of benzene rings is 1. The van der Waals surface area contributed by atoms with E-state index in [-0.39, 0.29) is 19.6 Å². The Morgan fingerprint density at radius 2 is 1.74 bits per heavy atom. The molecule has 0 saturated carbocycles. The molecule has 1 aliphatic rings. The molecule has 7 heteroatoms. The van der Waals surface area contributed by atoms with Gasteiger partial charge in [-0.1, -0.05) is 12.1 Å². The number of esters is 1. The van der Waals surface area contributed by atoms with Crippen LogP contribution in [0.1, 0.15) is 34.1 Å². The van der Waals surface area contributed by atoms with Crippen LogP contribution in [-0.4, -0.2) is 46.7 Å². The normalized spacial score (nSPS) is 14.0. The molecule has 23 heavy (non-hydrogen) atoms. The lowest BCUT2D eigenvalue weighted by molar-refractivity contribution is -0.141. The first-order valence-electron chi connectivity index (χ1n) is 7.01. The van der Waals surface area contributed by atoms with Gasteiger partial charge in [0.2, 0.25) is 5.76 Å². The van der Waals surface area contributed by atoms with E-state index in [1.807, 2.05) is 0 Å². The van der Waals surface area contributed by atoms with E-state index in [1.54, 1.807) is 31.2 Å². The third-order valence-corrected chi connectivity index (χ3v) is 3.24. The number of fused-ring (bicyclic) bond motifs is 1. The number of imide groups is 1. The number of carbonyl (C=O) groups excluding carboxylic acids is 4. The van der Waals surface area contributed by atoms with Crippen molar-refractivity contribution >= 4 is 23.6 Å². The number of aliphatic hydroxyl groups excluding tert-OH is 1. The zero-order valence-electron chi connectivity index (χ0n) is 12.4. The van der Waals surface area contributed by atoms with Gasteiger partial charge in [0.15, 0.2) is 5.78 Å². The predicted octanol–water partition coefficient (Wildman–Crippen LogP) is 1.25. The van der Waals surface area contributed by atoms with Crippen molar-refractivity contribution < 1.29 is 29.0 Å². The van der Waals surface area contributed by atoms with E-state index in [2.05, 4.69) is 4.74 Å². The minimum atomic E-state index is -0.999. The molecule has 1 N–H and O–H groups in total. The van der Waals surface area contributed by atoms with Crippen molar-refractivity contribution in [2.45, 2.75) is 13.3 Å². The molecule has 120 valence electrons. The van der Waals surface area contributed by atoms with Gasteiger partial charge in [0.25, 0.3) is 11.8 Å². The summed E-state index contributed by atoms with van der Waals surface area (Å²) in [6.45, 7) is 1.51. The lowest BCUT2D eigenvalue weighted by atomic mass is 10.1. The molecule has 2 amide bonds. The minimum Gasteiger partial charge on any atom is -0.502 e. The van der Waals surface area contributed by atoms with Crippen molar-refractivity contribution in [1.29, 1.82) is 0 Å². The van der Waals surface area contributed by atoms with Crippen LogP contribution in [0.3, 0.4) is 0 Å². The van der Waals surface area contributed by atoms with Crippen LogP contribution < -0.4 is 0 Å². The van der Waals surface area contributed by atoms with Crippen LogP contribution in [-0.2, 0) is 14.3 Å². The molecule has 0 aliphatic carbocycles. The number of nitrogens with zero attached hydrogens (tertiary/aromatic N) is 1. The summed E-state index contributed by atoms with van der Waals surface area (Å²) >= 11 is 0. The molecule has 0 atom stereocenters. The van der Waals surface area contributed by atoms with E-state index in [4.69, 9.17) is 0 Å². The molecule has 1 aromatic rings. The van der Waals surface area contributed by atoms with Crippen molar-refractivity contribution in [3.8, 4) is 0 Å². The first-order chi connectivity index (χ1) is 11.0. The smallest absolute Gasteiger partial charge is 0.373 e. The summed E-state index contributed by atoms with van der Waals surface area (Å²) in [6.07, 6.45) is 0.533. The molecule has 2 rings (SSSR count). The topological polar surface area (TPSA) is 101 Å². The number of rotatable bonds is 6. The quantitative estimate of drug-likeness (QED) is 0.367. The van der Waals surface area contributed by atoms with E-state index < -0.39 is 29.3 Å². The first kappa shape index (κ1) is 16.4. The van der Waals surface area contributed by atoms with Gasteiger partial charge in [-0.25, -0.2) is 4.79 Å². The van der Waals surface area contributed by atoms with E-state index in [0.29, 0.717) is 11.1 Å². The maximum absolute atomic E-state index is 12.1. The Balaban J connectivity index is 1.98. The summed E-state index contributed by atoms with van der Waals surface area (Å²) in [4.78, 5) is 48.0. The fraction of sp³-hybridized carbons (Fsp3) is 0.250. The first-order valence-corrected chi connectivity index (χ1v) is 7.01. The Hall–Kier alpha value is -2.96. The monoisotopic (exact) mass is 317 g/mol. The van der Waals surface area contributed by atoms with Crippen molar-refractivity contribution in [3.05, 3.63) is 47.2 Å². The number of aliphatic hydroxyl groups is 1. The molecule has 0 aromatic heterocycles. The molecule has 0 spiro atoms. The predicted molar refractivity (Wildman–Crippen MR) is 78.8 cm³/mol. The summed E-state index contributed by atoms with van der Waals surface area (Å²) in [5.74, 6) is -3.32. The average molecular weight is 317 g/mol. The van der Waals surface area contributed by atoms with E-state index in [1.165, 1.54) is 0 Å². The van der Waals surface area contributed by atoms with Crippen LogP contribution >= 0.6 is 0 Å². The Bertz CT molecular complexity index is 671. The molecule has 0 fully saturated rings. The Morgan fingerprint density at radius 1 is 1.17 bits per heavy atom. The van der Waals surface area contributed by atoms with Gasteiger partial charge in [-0.3, -0.25) is 19.3 Å². The zero-order chi connectivity index (χ0) is 17.0. The highest BCUT2D eigenvalue weighted by Crippen LogP contribution is 2.22. The van der Waals surface area contributed by atoms with Gasteiger partial charge >= 0.3 is 5.97 Å². The number of allylic oxidation sites excluding steroid dienone is 1. The molecule has 0 saturated heterocycles. The second kappa shape index (κ2) is 6.87. The largest absolute Gasteiger partial charge is 0.502 e. The van der Waals surface area contributed by atoms with Crippen LogP contribution in [0.2, 0.25) is 0 Å². The van der Waals surface area contributed by atoms with Gasteiger partial charge in [0.05, 0.1) is 17.7 Å². The highest BCUT2D eigenvalue weighted by atomic mass is 16.5. The van der Waals surface area contributed by atoms with E-state index in [0.717, 1.165) is 11.0 Å². The van der Waals surface area contributed by atoms with Crippen LogP contribution in [0.5, 0.6) is 0 Å². The second-order valence-corrected chi connectivity index (χ2v) is 4.77. The van der Waals surface area contributed by atoms with Crippen molar-refractivity contribution in [2.75, 3.05) is 13.2 Å². The van der Waals surface area contributed by atoms with Crippen molar-refractivity contribution in [2.24, 2.45) is 0 Å². The number of ether oxygens (including phenoxy) is 1. The second-order valence-electron chi connectivity index (χ2n) is 4.77. The lowest BCUT2D eigenvalue weighted by Gasteiger charge is -2.12. The molecule has 0 bridgehead atoms. The third-order valence-electron chi connectivity index (χ3n) is 3.24. The van der Waals surface area contributed by atoms with Crippen LogP contribution in [0.25, 0.3) is 0 Å². The molecular weight excluding hydrogens is 302 g/mol.